The Hall–Kier alpha value is -1.97. The number of anilines is 2. The zero-order chi connectivity index (χ0) is 23.1. The molecule has 0 aromatic heterocycles. The fourth-order valence-electron chi connectivity index (χ4n) is 3.85. The summed E-state index contributed by atoms with van der Waals surface area (Å²) in [5.74, 6) is 1.69. The monoisotopic (exact) mass is 460 g/mol. The molecule has 7 heteroatoms. The lowest BCUT2D eigenvalue weighted by Crippen LogP contribution is -2.60. The van der Waals surface area contributed by atoms with Crippen molar-refractivity contribution in [1.29, 1.82) is 0 Å². The number of ether oxygens (including phenoxy) is 2. The maximum Gasteiger partial charge on any atom is 0.217 e. The van der Waals surface area contributed by atoms with Crippen LogP contribution in [0.5, 0.6) is 11.5 Å². The summed E-state index contributed by atoms with van der Waals surface area (Å²) in [6, 6.07) is 15.3. The predicted octanol–water partition coefficient (Wildman–Crippen LogP) is 6.15. The lowest BCUT2D eigenvalue weighted by molar-refractivity contribution is 0.216. The molecule has 2 aromatic rings. The lowest BCUT2D eigenvalue weighted by Gasteiger charge is -2.42. The molecule has 0 radical (unpaired) electrons. The van der Waals surface area contributed by atoms with Gasteiger partial charge < -0.3 is 25.1 Å². The molecule has 0 amide bonds. The van der Waals surface area contributed by atoms with Crippen LogP contribution in [0, 0.1) is 0 Å². The molecule has 31 heavy (non-hydrogen) atoms. The highest BCUT2D eigenvalue weighted by molar-refractivity contribution is 6.86. The first-order chi connectivity index (χ1) is 14.6. The van der Waals surface area contributed by atoms with E-state index in [4.69, 9.17) is 25.1 Å². The summed E-state index contributed by atoms with van der Waals surface area (Å²) in [4.78, 5) is 0. The summed E-state index contributed by atoms with van der Waals surface area (Å²) in [5, 5.41) is 0. The predicted molar refractivity (Wildman–Crippen MR) is 136 cm³/mol. The third-order valence-corrected chi connectivity index (χ3v) is 13.6. The summed E-state index contributed by atoms with van der Waals surface area (Å²) < 4.78 is 19.9. The average molecular weight is 461 g/mol. The minimum atomic E-state index is -2.20. The third-order valence-electron chi connectivity index (χ3n) is 5.50. The molecular formula is C24H40N2O3Si2. The number of rotatable bonds is 12. The molecule has 2 rings (SSSR count). The van der Waals surface area contributed by atoms with Crippen molar-refractivity contribution < 1.29 is 13.6 Å². The number of nitrogen functional groups attached to an aromatic ring is 2. The van der Waals surface area contributed by atoms with E-state index in [2.05, 4.69) is 40.0 Å². The molecule has 0 aliphatic rings. The quantitative estimate of drug-likeness (QED) is 0.293. The topological polar surface area (TPSA) is 79.7 Å². The van der Waals surface area contributed by atoms with Gasteiger partial charge in [0.1, 0.15) is 23.0 Å². The molecule has 0 saturated carbocycles. The van der Waals surface area contributed by atoms with Gasteiger partial charge in [0.25, 0.3) is 0 Å². The molecule has 0 aliphatic heterocycles. The maximum atomic E-state index is 7.02. The zero-order valence-corrected chi connectivity index (χ0v) is 22.0. The molecular weight excluding hydrogens is 420 g/mol. The number of hydrogen-bond acceptors (Lipinski definition) is 5. The number of nitrogens with two attached hydrogens (primary N) is 2. The fraction of sp³-hybridized carbons (Fsp3) is 0.500. The van der Waals surface area contributed by atoms with E-state index in [1.807, 2.05) is 48.5 Å². The van der Waals surface area contributed by atoms with Crippen molar-refractivity contribution in [3.8, 4) is 11.5 Å². The average Bonchev–Trinajstić information content (AvgIpc) is 2.69. The molecule has 2 aromatic carbocycles. The van der Waals surface area contributed by atoms with Crippen LogP contribution in [0.1, 0.15) is 39.5 Å². The normalized spacial score (nSPS) is 14.1. The van der Waals surface area contributed by atoms with Gasteiger partial charge in [0.05, 0.1) is 0 Å². The summed E-state index contributed by atoms with van der Waals surface area (Å²) in [6.07, 6.45) is 4.01. The van der Waals surface area contributed by atoms with Gasteiger partial charge in [0.15, 0.2) is 0 Å². The molecule has 4 N–H and O–H groups in total. The SMILES string of the molecule is CCCC(Oc1ccc(N)cc1)[Si](C)(C)O[Si](C)(C)C(CCC)Oc1ccc(N)cc1. The van der Waals surface area contributed by atoms with Crippen molar-refractivity contribution in [3.05, 3.63) is 48.5 Å². The second kappa shape index (κ2) is 11.1. The highest BCUT2D eigenvalue weighted by Gasteiger charge is 2.45. The first kappa shape index (κ1) is 25.3. The highest BCUT2D eigenvalue weighted by atomic mass is 28.4. The van der Waals surface area contributed by atoms with Gasteiger partial charge >= 0.3 is 0 Å². The minimum Gasteiger partial charge on any atom is -0.491 e. The Labute approximate surface area is 190 Å². The molecule has 0 fully saturated rings. The van der Waals surface area contributed by atoms with E-state index >= 15 is 0 Å². The third kappa shape index (κ3) is 7.59. The molecule has 2 atom stereocenters. The van der Waals surface area contributed by atoms with Gasteiger partial charge in [0, 0.05) is 11.4 Å². The summed E-state index contributed by atoms with van der Waals surface area (Å²) in [7, 11) is -4.39. The van der Waals surface area contributed by atoms with Crippen LogP contribution in [0.25, 0.3) is 0 Å². The van der Waals surface area contributed by atoms with Crippen LogP contribution in [0.3, 0.4) is 0 Å². The second-order valence-electron chi connectivity index (χ2n) is 9.24. The first-order valence-corrected chi connectivity index (χ1v) is 17.3. The van der Waals surface area contributed by atoms with Crippen molar-refractivity contribution in [2.75, 3.05) is 11.5 Å². The van der Waals surface area contributed by atoms with Crippen LogP contribution in [0.2, 0.25) is 26.2 Å². The van der Waals surface area contributed by atoms with E-state index in [0.717, 1.165) is 48.6 Å². The Morgan fingerprint density at radius 1 is 0.645 bits per heavy atom. The second-order valence-corrected chi connectivity index (χ2v) is 17.8. The van der Waals surface area contributed by atoms with Crippen LogP contribution < -0.4 is 20.9 Å². The molecule has 0 saturated heterocycles. The van der Waals surface area contributed by atoms with Gasteiger partial charge in [-0.15, -0.1) is 0 Å². The molecule has 2 unspecified atom stereocenters. The van der Waals surface area contributed by atoms with Gasteiger partial charge in [-0.1, -0.05) is 26.7 Å². The van der Waals surface area contributed by atoms with Crippen LogP contribution in [0.4, 0.5) is 11.4 Å². The van der Waals surface area contributed by atoms with Gasteiger partial charge in [-0.2, -0.15) is 0 Å². The zero-order valence-electron chi connectivity index (χ0n) is 20.0. The molecule has 172 valence electrons. The van der Waals surface area contributed by atoms with E-state index in [9.17, 15) is 0 Å². The van der Waals surface area contributed by atoms with Crippen molar-refractivity contribution in [3.63, 3.8) is 0 Å². The standard InChI is InChI=1S/C24H40N2O3Si2/c1-7-9-23(27-21-15-11-19(25)12-16-21)30(3,4)29-31(5,6)24(10-8-2)28-22-17-13-20(26)14-18-22/h11-18,23-24H,7-10,25-26H2,1-6H3. The first-order valence-electron chi connectivity index (χ1n) is 11.3. The Balaban J connectivity index is 2.18. The Bertz CT molecular complexity index is 728. The van der Waals surface area contributed by atoms with E-state index in [-0.39, 0.29) is 11.5 Å². The minimum absolute atomic E-state index is 0.0618. The fourth-order valence-corrected chi connectivity index (χ4v) is 13.1. The van der Waals surface area contributed by atoms with E-state index in [1.54, 1.807) is 0 Å². The largest absolute Gasteiger partial charge is 0.491 e. The van der Waals surface area contributed by atoms with E-state index in [1.165, 1.54) is 0 Å². The smallest absolute Gasteiger partial charge is 0.217 e. The number of benzene rings is 2. The molecule has 0 spiro atoms. The van der Waals surface area contributed by atoms with E-state index in [0.29, 0.717) is 0 Å². The Morgan fingerprint density at radius 3 is 1.26 bits per heavy atom. The molecule has 0 bridgehead atoms. The van der Waals surface area contributed by atoms with Crippen molar-refractivity contribution in [1.82, 2.24) is 0 Å². The van der Waals surface area contributed by atoms with Crippen LogP contribution >= 0.6 is 0 Å². The highest BCUT2D eigenvalue weighted by Crippen LogP contribution is 2.30. The lowest BCUT2D eigenvalue weighted by atomic mass is 10.3. The van der Waals surface area contributed by atoms with Gasteiger partial charge in [-0.05, 0) is 87.6 Å². The summed E-state index contributed by atoms with van der Waals surface area (Å²) in [6.45, 7) is 13.5. The van der Waals surface area contributed by atoms with Crippen molar-refractivity contribution >= 4 is 28.0 Å². The Morgan fingerprint density at radius 2 is 0.968 bits per heavy atom. The van der Waals surface area contributed by atoms with Crippen LogP contribution in [0.15, 0.2) is 48.5 Å². The van der Waals surface area contributed by atoms with Gasteiger partial charge in [0.2, 0.25) is 16.6 Å². The van der Waals surface area contributed by atoms with E-state index < -0.39 is 16.6 Å². The summed E-state index contributed by atoms with van der Waals surface area (Å²) >= 11 is 0. The summed E-state index contributed by atoms with van der Waals surface area (Å²) in [5.41, 5.74) is 13.3. The molecule has 5 nitrogen and oxygen atoms in total. The van der Waals surface area contributed by atoms with Gasteiger partial charge in [-0.3, -0.25) is 0 Å². The Kier molecular flexibility index (Phi) is 9.03. The molecule has 0 aliphatic carbocycles. The van der Waals surface area contributed by atoms with Crippen molar-refractivity contribution in [2.45, 2.75) is 77.2 Å². The van der Waals surface area contributed by atoms with Crippen LogP contribution in [-0.2, 0) is 4.12 Å². The van der Waals surface area contributed by atoms with Crippen molar-refractivity contribution in [2.24, 2.45) is 0 Å². The number of hydrogen-bond donors (Lipinski definition) is 2. The molecule has 0 heterocycles. The maximum absolute atomic E-state index is 7.02. The van der Waals surface area contributed by atoms with Crippen LogP contribution in [-0.4, -0.2) is 28.1 Å². The van der Waals surface area contributed by atoms with Gasteiger partial charge in [-0.25, -0.2) is 0 Å².